The standard InChI is InChI=1S/C51H73N17O7/c1-31(69)63-38(20-11-27-60-50(55)56)44(71)66-41(25-23-33-15-6-3-7-16-33)47(74)67-40(24-22-32-13-4-2-5-14-32)46(73)65-39(21-12-28-61-51(57)58)45(72)68-42(29-34-30-62-36-18-9-8-17-35(34)36)48(75)64-37(43(52)70)19-10-26-59-49(53)54/h2-9,13-18,30,37-42,62H,10-12,19-29H2,1H3,(H2,52,70)(H,63,69)(H,64,75)(H,65,73)(H,66,71)(H,67,74)(H,68,72)(H4,53,54,59)(H4,55,56,60)(H4,57,58,61)/t37-,38-,39-,40-,41-,42-/m0/s1. The summed E-state index contributed by atoms with van der Waals surface area (Å²) in [7, 11) is 0. The molecule has 0 unspecified atom stereocenters. The number of hydrogen-bond donors (Lipinski definition) is 14. The Bertz CT molecular complexity index is 2600. The van der Waals surface area contributed by atoms with E-state index < -0.39 is 77.6 Å². The first-order valence-electron chi connectivity index (χ1n) is 24.8. The lowest BCUT2D eigenvalue weighted by atomic mass is 10.0. The van der Waals surface area contributed by atoms with E-state index in [1.54, 1.807) is 6.20 Å². The van der Waals surface area contributed by atoms with E-state index >= 15 is 0 Å². The number of guanidine groups is 3. The number of fused-ring (bicyclic) bond motifs is 1. The molecule has 4 rings (SSSR count). The average Bonchev–Trinajstić information content (AvgIpc) is 3.78. The van der Waals surface area contributed by atoms with Crippen LogP contribution >= 0.6 is 0 Å². The van der Waals surface area contributed by atoms with Crippen LogP contribution in [0.15, 0.2) is 106 Å². The number of aromatic nitrogens is 1. The van der Waals surface area contributed by atoms with Crippen molar-refractivity contribution in [1.29, 1.82) is 0 Å². The van der Waals surface area contributed by atoms with Crippen molar-refractivity contribution >= 4 is 70.1 Å². The molecule has 1 heterocycles. The van der Waals surface area contributed by atoms with E-state index in [-0.39, 0.29) is 88.9 Å². The third kappa shape index (κ3) is 21.5. The van der Waals surface area contributed by atoms with Crippen molar-refractivity contribution in [2.24, 2.45) is 55.1 Å². The number of carbonyl (C=O) groups excluding carboxylic acids is 7. The molecule has 6 atom stereocenters. The van der Waals surface area contributed by atoms with Gasteiger partial charge in [-0.15, -0.1) is 0 Å². The maximum Gasteiger partial charge on any atom is 0.243 e. The summed E-state index contributed by atoms with van der Waals surface area (Å²) >= 11 is 0. The SMILES string of the molecule is CC(=O)N[C@@H](CCCN=C(N)N)C(=O)N[C@@H](CCc1ccccc1)C(=O)N[C@@H](CCc1ccccc1)C(=O)N[C@@H](CCCN=C(N)N)C(=O)N[C@@H](Cc1c[nH]c2ccccc12)C(=O)N[C@@H](CCCN=C(N)N)C(N)=O. The van der Waals surface area contributed by atoms with E-state index in [0.717, 1.165) is 22.0 Å². The Morgan fingerprint density at radius 3 is 1.24 bits per heavy atom. The molecule has 75 heavy (non-hydrogen) atoms. The van der Waals surface area contributed by atoms with E-state index in [1.807, 2.05) is 84.9 Å². The predicted octanol–water partition coefficient (Wildman–Crippen LogP) is -1.45. The molecule has 0 bridgehead atoms. The van der Waals surface area contributed by atoms with E-state index in [1.165, 1.54) is 6.92 Å². The molecule has 7 amide bonds. The van der Waals surface area contributed by atoms with Crippen LogP contribution < -0.4 is 72.0 Å². The van der Waals surface area contributed by atoms with Gasteiger partial charge in [-0.1, -0.05) is 78.9 Å². The molecule has 24 heteroatoms. The van der Waals surface area contributed by atoms with E-state index in [9.17, 15) is 33.6 Å². The average molecular weight is 1040 g/mol. The fraction of sp³-hybridized carbons (Fsp3) is 0.412. The van der Waals surface area contributed by atoms with Gasteiger partial charge in [0.1, 0.15) is 36.3 Å². The Balaban J connectivity index is 1.67. The molecule has 1 aromatic heterocycles. The first-order chi connectivity index (χ1) is 35.9. The maximum atomic E-state index is 14.7. The number of primary amides is 1. The molecule has 24 nitrogen and oxygen atoms in total. The Hall–Kier alpha value is -8.70. The molecule has 0 spiro atoms. The van der Waals surface area contributed by atoms with Crippen LogP contribution in [0.5, 0.6) is 0 Å². The van der Waals surface area contributed by atoms with Crippen LogP contribution in [0.4, 0.5) is 0 Å². The number of aryl methyl sites for hydroxylation is 2. The van der Waals surface area contributed by atoms with Crippen molar-refractivity contribution in [3.05, 3.63) is 108 Å². The first kappa shape index (κ1) is 58.9. The zero-order valence-electron chi connectivity index (χ0n) is 42.3. The molecule has 0 aliphatic rings. The summed E-state index contributed by atoms with van der Waals surface area (Å²) < 4.78 is 0. The zero-order valence-corrected chi connectivity index (χ0v) is 42.3. The maximum absolute atomic E-state index is 14.7. The molecule has 404 valence electrons. The minimum absolute atomic E-state index is 0.0344. The normalized spacial score (nSPS) is 13.2. The number of carbonyl (C=O) groups is 7. The third-order valence-electron chi connectivity index (χ3n) is 11.9. The summed E-state index contributed by atoms with van der Waals surface area (Å²) in [4.78, 5) is 112. The Labute approximate surface area is 435 Å². The summed E-state index contributed by atoms with van der Waals surface area (Å²) in [6.07, 6.45) is 3.43. The van der Waals surface area contributed by atoms with Crippen LogP contribution in [0.3, 0.4) is 0 Å². The highest BCUT2D eigenvalue weighted by atomic mass is 16.2. The van der Waals surface area contributed by atoms with Gasteiger partial charge in [-0.2, -0.15) is 0 Å². The van der Waals surface area contributed by atoms with Gasteiger partial charge in [0.2, 0.25) is 41.4 Å². The van der Waals surface area contributed by atoms with Crippen molar-refractivity contribution in [3.8, 4) is 0 Å². The number of rotatable bonds is 32. The Morgan fingerprint density at radius 1 is 0.453 bits per heavy atom. The summed E-state index contributed by atoms with van der Waals surface area (Å²) in [6.45, 7) is 1.69. The van der Waals surface area contributed by atoms with Crippen LogP contribution in [0.2, 0.25) is 0 Å². The zero-order chi connectivity index (χ0) is 54.7. The molecule has 0 saturated heterocycles. The minimum atomic E-state index is -1.33. The largest absolute Gasteiger partial charge is 0.370 e. The number of nitrogens with zero attached hydrogens (tertiary/aromatic N) is 3. The van der Waals surface area contributed by atoms with Crippen molar-refractivity contribution in [1.82, 2.24) is 36.9 Å². The second kappa shape index (κ2) is 31.0. The molecule has 0 aliphatic carbocycles. The number of aromatic amines is 1. The van der Waals surface area contributed by atoms with Gasteiger partial charge in [-0.05, 0) is 87.0 Å². The highest BCUT2D eigenvalue weighted by Gasteiger charge is 2.33. The van der Waals surface area contributed by atoms with E-state index in [2.05, 4.69) is 51.9 Å². The fourth-order valence-corrected chi connectivity index (χ4v) is 8.12. The first-order valence-corrected chi connectivity index (χ1v) is 24.8. The van der Waals surface area contributed by atoms with Crippen LogP contribution in [-0.2, 0) is 52.8 Å². The van der Waals surface area contributed by atoms with Crippen molar-refractivity contribution in [3.63, 3.8) is 0 Å². The number of hydrogen-bond acceptors (Lipinski definition) is 10. The number of nitrogens with one attached hydrogen (secondary N) is 7. The van der Waals surface area contributed by atoms with Gasteiger partial charge in [0.25, 0.3) is 0 Å². The molecule has 21 N–H and O–H groups in total. The van der Waals surface area contributed by atoms with Gasteiger partial charge in [0.05, 0.1) is 0 Å². The number of para-hydroxylation sites is 1. The third-order valence-corrected chi connectivity index (χ3v) is 11.9. The lowest BCUT2D eigenvalue weighted by Gasteiger charge is -2.28. The van der Waals surface area contributed by atoms with Gasteiger partial charge >= 0.3 is 0 Å². The topological polar surface area (TPSA) is 427 Å². The second-order valence-electron chi connectivity index (χ2n) is 17.9. The minimum Gasteiger partial charge on any atom is -0.370 e. The van der Waals surface area contributed by atoms with Gasteiger partial charge in [0.15, 0.2) is 17.9 Å². The molecular weight excluding hydrogens is 963 g/mol. The molecular formula is C51H73N17O7. The highest BCUT2D eigenvalue weighted by Crippen LogP contribution is 2.20. The van der Waals surface area contributed by atoms with Crippen molar-refractivity contribution in [2.45, 2.75) is 114 Å². The number of H-pyrrole nitrogens is 1. The van der Waals surface area contributed by atoms with E-state index in [0.29, 0.717) is 24.8 Å². The predicted molar refractivity (Wildman–Crippen MR) is 288 cm³/mol. The van der Waals surface area contributed by atoms with Gasteiger partial charge < -0.3 is 77.0 Å². The van der Waals surface area contributed by atoms with Crippen molar-refractivity contribution < 1.29 is 33.6 Å². The van der Waals surface area contributed by atoms with Crippen LogP contribution in [0.1, 0.15) is 75.0 Å². The quantitative estimate of drug-likeness (QED) is 0.0152. The van der Waals surface area contributed by atoms with Gasteiger partial charge in [-0.25, -0.2) is 0 Å². The van der Waals surface area contributed by atoms with E-state index in [4.69, 9.17) is 40.1 Å². The Morgan fingerprint density at radius 2 is 0.813 bits per heavy atom. The summed E-state index contributed by atoms with van der Waals surface area (Å²) in [6, 6.07) is 18.5. The summed E-state index contributed by atoms with van der Waals surface area (Å²) in [5.41, 5.74) is 41.9. The number of nitrogens with two attached hydrogens (primary N) is 7. The molecule has 3 aromatic carbocycles. The smallest absolute Gasteiger partial charge is 0.243 e. The lowest BCUT2D eigenvalue weighted by Crippen LogP contribution is -2.60. The molecule has 0 saturated carbocycles. The second-order valence-corrected chi connectivity index (χ2v) is 17.9. The number of amides is 7. The molecule has 0 aliphatic heterocycles. The summed E-state index contributed by atoms with van der Waals surface area (Å²) in [5.74, 6) is -5.39. The lowest BCUT2D eigenvalue weighted by molar-refractivity contribution is -0.135. The van der Waals surface area contributed by atoms with Gasteiger partial charge in [-0.3, -0.25) is 48.5 Å². The van der Waals surface area contributed by atoms with Crippen LogP contribution in [-0.4, -0.2) is 120 Å². The van der Waals surface area contributed by atoms with Crippen molar-refractivity contribution in [2.75, 3.05) is 19.6 Å². The summed E-state index contributed by atoms with van der Waals surface area (Å²) in [5, 5.41) is 17.3. The number of aliphatic imine (C=N–C) groups is 3. The molecule has 0 radical (unpaired) electrons. The number of benzene rings is 3. The van der Waals surface area contributed by atoms with Gasteiger partial charge in [0, 0.05) is 50.1 Å². The Kier molecular flexibility index (Phi) is 24.3. The van der Waals surface area contributed by atoms with Crippen LogP contribution in [0, 0.1) is 0 Å². The molecule has 4 aromatic rings. The fourth-order valence-electron chi connectivity index (χ4n) is 8.12. The monoisotopic (exact) mass is 1040 g/mol. The highest BCUT2D eigenvalue weighted by molar-refractivity contribution is 5.97. The van der Waals surface area contributed by atoms with Crippen LogP contribution in [0.25, 0.3) is 10.9 Å². The molecule has 0 fully saturated rings.